The fourth-order valence-electron chi connectivity index (χ4n) is 3.38. The Kier molecular flexibility index (Phi) is 3.86. The van der Waals surface area contributed by atoms with Gasteiger partial charge in [0.1, 0.15) is 0 Å². The normalized spacial score (nSPS) is 35.8. The highest BCUT2D eigenvalue weighted by molar-refractivity contribution is 4.81. The molecule has 1 heteroatoms. The van der Waals surface area contributed by atoms with Gasteiger partial charge in [0.05, 0.1) is 0 Å². The highest BCUT2D eigenvalue weighted by atomic mass is 14.7. The van der Waals surface area contributed by atoms with E-state index in [0.29, 0.717) is 6.04 Å². The van der Waals surface area contributed by atoms with Gasteiger partial charge in [-0.05, 0) is 31.1 Å². The van der Waals surface area contributed by atoms with Crippen molar-refractivity contribution in [3.8, 4) is 0 Å². The maximum absolute atomic E-state index is 6.20. The SMILES string of the molecule is N[C@@H]1CCCC[C@@H]1CC1CCCCC1. The van der Waals surface area contributed by atoms with Crippen LogP contribution in [0, 0.1) is 11.8 Å². The van der Waals surface area contributed by atoms with Gasteiger partial charge in [-0.15, -0.1) is 0 Å². The average molecular weight is 195 g/mol. The topological polar surface area (TPSA) is 26.0 Å². The van der Waals surface area contributed by atoms with E-state index in [1.54, 1.807) is 0 Å². The molecule has 2 saturated carbocycles. The van der Waals surface area contributed by atoms with Gasteiger partial charge in [-0.3, -0.25) is 0 Å². The molecule has 14 heavy (non-hydrogen) atoms. The molecule has 0 aromatic carbocycles. The number of rotatable bonds is 2. The van der Waals surface area contributed by atoms with Crippen LogP contribution in [0.1, 0.15) is 64.2 Å². The average Bonchev–Trinajstić information content (AvgIpc) is 2.23. The van der Waals surface area contributed by atoms with Gasteiger partial charge in [0.2, 0.25) is 0 Å². The molecule has 2 N–H and O–H groups in total. The van der Waals surface area contributed by atoms with Crippen molar-refractivity contribution >= 4 is 0 Å². The zero-order chi connectivity index (χ0) is 9.80. The van der Waals surface area contributed by atoms with Gasteiger partial charge in [0.25, 0.3) is 0 Å². The van der Waals surface area contributed by atoms with Gasteiger partial charge in [-0.1, -0.05) is 44.9 Å². The number of nitrogens with two attached hydrogens (primary N) is 1. The molecule has 2 rings (SSSR count). The number of hydrogen-bond donors (Lipinski definition) is 1. The van der Waals surface area contributed by atoms with E-state index in [1.165, 1.54) is 64.2 Å². The van der Waals surface area contributed by atoms with Crippen LogP contribution in [0.25, 0.3) is 0 Å². The third kappa shape index (κ3) is 2.73. The molecule has 0 unspecified atom stereocenters. The number of hydrogen-bond acceptors (Lipinski definition) is 1. The second-order valence-electron chi connectivity index (χ2n) is 5.45. The summed E-state index contributed by atoms with van der Waals surface area (Å²) in [5.41, 5.74) is 6.20. The Morgan fingerprint density at radius 3 is 2.14 bits per heavy atom. The molecule has 2 aliphatic carbocycles. The van der Waals surface area contributed by atoms with E-state index in [2.05, 4.69) is 0 Å². The molecule has 0 bridgehead atoms. The van der Waals surface area contributed by atoms with Crippen molar-refractivity contribution in [2.24, 2.45) is 17.6 Å². The Bertz CT molecular complexity index is 161. The minimum Gasteiger partial charge on any atom is -0.327 e. The quantitative estimate of drug-likeness (QED) is 0.717. The first-order valence-electron chi connectivity index (χ1n) is 6.62. The van der Waals surface area contributed by atoms with Crippen LogP contribution in [0.2, 0.25) is 0 Å². The Hall–Kier alpha value is -0.0400. The summed E-state index contributed by atoms with van der Waals surface area (Å²) in [6, 6.07) is 0.533. The van der Waals surface area contributed by atoms with Crippen molar-refractivity contribution in [3.63, 3.8) is 0 Å². The van der Waals surface area contributed by atoms with Crippen molar-refractivity contribution in [1.29, 1.82) is 0 Å². The van der Waals surface area contributed by atoms with Gasteiger partial charge in [0.15, 0.2) is 0 Å². The summed E-state index contributed by atoms with van der Waals surface area (Å²) in [6.07, 6.45) is 14.4. The van der Waals surface area contributed by atoms with Crippen LogP contribution in [-0.2, 0) is 0 Å². The Labute approximate surface area is 88.4 Å². The first-order chi connectivity index (χ1) is 6.86. The lowest BCUT2D eigenvalue weighted by Crippen LogP contribution is -2.34. The minimum absolute atomic E-state index is 0.533. The summed E-state index contributed by atoms with van der Waals surface area (Å²) in [5, 5.41) is 0. The highest BCUT2D eigenvalue weighted by Gasteiger charge is 2.25. The zero-order valence-electron chi connectivity index (χ0n) is 9.38. The minimum atomic E-state index is 0.533. The molecule has 0 aromatic heterocycles. The van der Waals surface area contributed by atoms with Crippen LogP contribution in [-0.4, -0.2) is 6.04 Å². The summed E-state index contributed by atoms with van der Waals surface area (Å²) in [5.74, 6) is 1.89. The first-order valence-corrected chi connectivity index (χ1v) is 6.62. The second-order valence-corrected chi connectivity index (χ2v) is 5.45. The summed E-state index contributed by atoms with van der Waals surface area (Å²) >= 11 is 0. The molecule has 2 fully saturated rings. The predicted octanol–water partition coefficient (Wildman–Crippen LogP) is 3.47. The Morgan fingerprint density at radius 2 is 1.43 bits per heavy atom. The van der Waals surface area contributed by atoms with Crippen molar-refractivity contribution < 1.29 is 0 Å². The van der Waals surface area contributed by atoms with E-state index < -0.39 is 0 Å². The molecular formula is C13H25N. The van der Waals surface area contributed by atoms with Gasteiger partial charge in [-0.25, -0.2) is 0 Å². The summed E-state index contributed by atoms with van der Waals surface area (Å²) in [6.45, 7) is 0. The van der Waals surface area contributed by atoms with Crippen LogP contribution >= 0.6 is 0 Å². The standard InChI is InChI=1S/C13H25N/c14-13-9-5-4-8-12(13)10-11-6-2-1-3-7-11/h11-13H,1-10,14H2/t12-,13-/m1/s1. The lowest BCUT2D eigenvalue weighted by Gasteiger charge is -2.33. The van der Waals surface area contributed by atoms with E-state index in [4.69, 9.17) is 5.73 Å². The lowest BCUT2D eigenvalue weighted by molar-refractivity contribution is 0.221. The predicted molar refractivity (Wildman–Crippen MR) is 61.1 cm³/mol. The van der Waals surface area contributed by atoms with Gasteiger partial charge < -0.3 is 5.73 Å². The monoisotopic (exact) mass is 195 g/mol. The van der Waals surface area contributed by atoms with Crippen LogP contribution in [0.3, 0.4) is 0 Å². The van der Waals surface area contributed by atoms with Crippen LogP contribution < -0.4 is 5.73 Å². The third-order valence-corrected chi connectivity index (χ3v) is 4.33. The molecule has 2 aliphatic rings. The van der Waals surface area contributed by atoms with Gasteiger partial charge in [-0.2, -0.15) is 0 Å². The molecule has 2 atom stereocenters. The lowest BCUT2D eigenvalue weighted by atomic mass is 9.75. The fourth-order valence-corrected chi connectivity index (χ4v) is 3.38. The fraction of sp³-hybridized carbons (Fsp3) is 1.00. The van der Waals surface area contributed by atoms with Crippen molar-refractivity contribution in [3.05, 3.63) is 0 Å². The maximum Gasteiger partial charge on any atom is 0.00672 e. The molecule has 1 nitrogen and oxygen atoms in total. The molecular weight excluding hydrogens is 170 g/mol. The van der Waals surface area contributed by atoms with E-state index in [1.807, 2.05) is 0 Å². The molecule has 0 amide bonds. The first kappa shape index (κ1) is 10.5. The molecule has 0 spiro atoms. The van der Waals surface area contributed by atoms with E-state index >= 15 is 0 Å². The second kappa shape index (κ2) is 5.16. The Balaban J connectivity index is 1.76. The molecule has 82 valence electrons. The van der Waals surface area contributed by atoms with Crippen LogP contribution in [0.4, 0.5) is 0 Å². The summed E-state index contributed by atoms with van der Waals surface area (Å²) in [7, 11) is 0. The summed E-state index contributed by atoms with van der Waals surface area (Å²) in [4.78, 5) is 0. The highest BCUT2D eigenvalue weighted by Crippen LogP contribution is 2.34. The molecule has 0 radical (unpaired) electrons. The van der Waals surface area contributed by atoms with Crippen molar-refractivity contribution in [2.75, 3.05) is 0 Å². The van der Waals surface area contributed by atoms with Crippen LogP contribution in [0.15, 0.2) is 0 Å². The molecule has 0 saturated heterocycles. The van der Waals surface area contributed by atoms with E-state index in [9.17, 15) is 0 Å². The zero-order valence-corrected chi connectivity index (χ0v) is 9.38. The molecule has 0 aromatic rings. The van der Waals surface area contributed by atoms with Gasteiger partial charge >= 0.3 is 0 Å². The van der Waals surface area contributed by atoms with Crippen LogP contribution in [0.5, 0.6) is 0 Å². The maximum atomic E-state index is 6.20. The van der Waals surface area contributed by atoms with Gasteiger partial charge in [0, 0.05) is 6.04 Å². The molecule has 0 aliphatic heterocycles. The van der Waals surface area contributed by atoms with E-state index in [-0.39, 0.29) is 0 Å². The van der Waals surface area contributed by atoms with Crippen molar-refractivity contribution in [2.45, 2.75) is 70.3 Å². The van der Waals surface area contributed by atoms with Crippen molar-refractivity contribution in [1.82, 2.24) is 0 Å². The van der Waals surface area contributed by atoms with E-state index in [0.717, 1.165) is 11.8 Å². The largest absolute Gasteiger partial charge is 0.327 e. The third-order valence-electron chi connectivity index (χ3n) is 4.33. The summed E-state index contributed by atoms with van der Waals surface area (Å²) < 4.78 is 0. The molecule has 0 heterocycles. The smallest absolute Gasteiger partial charge is 0.00672 e. The Morgan fingerprint density at radius 1 is 0.786 bits per heavy atom.